The maximum atomic E-state index is 12.7. The summed E-state index contributed by atoms with van der Waals surface area (Å²) >= 11 is 6.11. The molecule has 142 valence electrons. The number of aryl methyl sites for hydroxylation is 1. The fourth-order valence-electron chi connectivity index (χ4n) is 3.72. The Hall–Kier alpha value is -2.34. The summed E-state index contributed by atoms with van der Waals surface area (Å²) in [5.41, 5.74) is 2.48. The van der Waals surface area contributed by atoms with E-state index in [2.05, 4.69) is 25.8 Å². The van der Waals surface area contributed by atoms with Crippen LogP contribution in [0.1, 0.15) is 29.0 Å². The third-order valence-corrected chi connectivity index (χ3v) is 5.43. The summed E-state index contributed by atoms with van der Waals surface area (Å²) < 4.78 is 0. The van der Waals surface area contributed by atoms with Gasteiger partial charge in [0.1, 0.15) is 5.69 Å². The van der Waals surface area contributed by atoms with Crippen molar-refractivity contribution < 1.29 is 4.79 Å². The van der Waals surface area contributed by atoms with Crippen LogP contribution in [0, 0.1) is 6.92 Å². The molecule has 2 fully saturated rings. The maximum absolute atomic E-state index is 12.7. The number of hydrogen-bond donors (Lipinski definition) is 0. The number of carbonyl (C=O) groups is 1. The van der Waals surface area contributed by atoms with Crippen molar-refractivity contribution in [1.29, 1.82) is 0 Å². The third kappa shape index (κ3) is 4.00. The Bertz CT molecular complexity index is 829. The Balaban J connectivity index is 1.47. The molecule has 0 atom stereocenters. The topological polar surface area (TPSA) is 52.6 Å². The average molecular weight is 386 g/mol. The Morgan fingerprint density at radius 2 is 1.67 bits per heavy atom. The highest BCUT2D eigenvalue weighted by molar-refractivity contribution is 6.30. The van der Waals surface area contributed by atoms with Gasteiger partial charge in [-0.2, -0.15) is 0 Å². The summed E-state index contributed by atoms with van der Waals surface area (Å²) in [5, 5.41) is 0.752. The van der Waals surface area contributed by atoms with Gasteiger partial charge in [0.15, 0.2) is 0 Å². The van der Waals surface area contributed by atoms with E-state index in [9.17, 15) is 4.79 Å². The van der Waals surface area contributed by atoms with Gasteiger partial charge in [-0.05, 0) is 44.0 Å². The molecule has 2 aliphatic heterocycles. The molecule has 0 N–H and O–H groups in total. The number of carbonyl (C=O) groups excluding carboxylic acids is 1. The largest absolute Gasteiger partial charge is 0.368 e. The Morgan fingerprint density at radius 1 is 0.963 bits per heavy atom. The van der Waals surface area contributed by atoms with Gasteiger partial charge in [0.25, 0.3) is 5.91 Å². The van der Waals surface area contributed by atoms with E-state index in [0.717, 1.165) is 68.5 Å². The summed E-state index contributed by atoms with van der Waals surface area (Å²) in [5.74, 6) is 0.681. The third-order valence-electron chi connectivity index (χ3n) is 5.19. The first-order valence-corrected chi connectivity index (χ1v) is 9.88. The van der Waals surface area contributed by atoms with Crippen LogP contribution in [-0.2, 0) is 0 Å². The van der Waals surface area contributed by atoms with Crippen molar-refractivity contribution in [2.75, 3.05) is 49.1 Å². The van der Waals surface area contributed by atoms with Crippen molar-refractivity contribution in [3.63, 3.8) is 0 Å². The second-order valence-corrected chi connectivity index (χ2v) is 7.58. The number of rotatable bonds is 3. The van der Waals surface area contributed by atoms with E-state index in [4.69, 9.17) is 11.6 Å². The number of hydrogen-bond acceptors (Lipinski definition) is 5. The number of piperazine rings is 1. The molecule has 2 aliphatic rings. The number of benzene rings is 1. The molecule has 0 spiro atoms. The van der Waals surface area contributed by atoms with Crippen molar-refractivity contribution in [3.05, 3.63) is 46.7 Å². The molecular formula is C20H24ClN5O. The second-order valence-electron chi connectivity index (χ2n) is 7.15. The lowest BCUT2D eigenvalue weighted by molar-refractivity contribution is 0.0787. The van der Waals surface area contributed by atoms with Crippen LogP contribution in [0.3, 0.4) is 0 Å². The van der Waals surface area contributed by atoms with Gasteiger partial charge in [0.2, 0.25) is 5.95 Å². The molecule has 3 heterocycles. The van der Waals surface area contributed by atoms with Crippen LogP contribution < -0.4 is 9.80 Å². The lowest BCUT2D eigenvalue weighted by Crippen LogP contribution is -2.47. The van der Waals surface area contributed by atoms with E-state index in [1.807, 2.05) is 30.0 Å². The summed E-state index contributed by atoms with van der Waals surface area (Å²) in [6.45, 7) is 6.94. The van der Waals surface area contributed by atoms with Crippen LogP contribution in [0.25, 0.3) is 0 Å². The zero-order valence-corrected chi connectivity index (χ0v) is 16.3. The van der Waals surface area contributed by atoms with Crippen LogP contribution in [0.5, 0.6) is 0 Å². The maximum Gasteiger partial charge on any atom is 0.272 e. The van der Waals surface area contributed by atoms with E-state index >= 15 is 0 Å². The minimum atomic E-state index is 0.0248. The standard InChI is InChI=1S/C20H24ClN5O/c1-15-13-18(19(27)25-7-2-3-8-25)23-20(22-15)26-11-9-24(10-12-26)17-6-4-5-16(21)14-17/h4-6,13-14H,2-3,7-12H2,1H3. The van der Waals surface area contributed by atoms with Crippen molar-refractivity contribution in [1.82, 2.24) is 14.9 Å². The second kappa shape index (κ2) is 7.72. The molecule has 1 amide bonds. The number of nitrogens with zero attached hydrogens (tertiary/aromatic N) is 5. The molecule has 0 aliphatic carbocycles. The minimum absolute atomic E-state index is 0.0248. The summed E-state index contributed by atoms with van der Waals surface area (Å²) in [6.07, 6.45) is 2.16. The molecule has 1 aromatic heterocycles. The van der Waals surface area contributed by atoms with Crippen LogP contribution in [0.15, 0.2) is 30.3 Å². The molecule has 2 aromatic rings. The van der Waals surface area contributed by atoms with E-state index < -0.39 is 0 Å². The van der Waals surface area contributed by atoms with Gasteiger partial charge in [0, 0.05) is 55.7 Å². The van der Waals surface area contributed by atoms with E-state index in [1.165, 1.54) is 0 Å². The van der Waals surface area contributed by atoms with Gasteiger partial charge in [-0.1, -0.05) is 17.7 Å². The van der Waals surface area contributed by atoms with Gasteiger partial charge in [-0.25, -0.2) is 9.97 Å². The van der Waals surface area contributed by atoms with Crippen LogP contribution >= 0.6 is 11.6 Å². The van der Waals surface area contributed by atoms with Crippen LogP contribution in [-0.4, -0.2) is 60.0 Å². The van der Waals surface area contributed by atoms with E-state index in [0.29, 0.717) is 11.6 Å². The number of anilines is 2. The zero-order chi connectivity index (χ0) is 18.8. The smallest absolute Gasteiger partial charge is 0.272 e. The molecule has 2 saturated heterocycles. The SMILES string of the molecule is Cc1cc(C(=O)N2CCCC2)nc(N2CCN(c3cccc(Cl)c3)CC2)n1. The molecule has 4 rings (SSSR count). The van der Waals surface area contributed by atoms with Gasteiger partial charge < -0.3 is 14.7 Å². The monoisotopic (exact) mass is 385 g/mol. The zero-order valence-electron chi connectivity index (χ0n) is 15.6. The van der Waals surface area contributed by atoms with E-state index in [1.54, 1.807) is 6.07 Å². The quantitative estimate of drug-likeness (QED) is 0.813. The molecule has 0 radical (unpaired) electrons. The van der Waals surface area contributed by atoms with Gasteiger partial charge >= 0.3 is 0 Å². The molecular weight excluding hydrogens is 362 g/mol. The summed E-state index contributed by atoms with van der Waals surface area (Å²) in [6, 6.07) is 9.74. The Labute approximate surface area is 164 Å². The number of halogens is 1. The van der Waals surface area contributed by atoms with Crippen molar-refractivity contribution in [2.24, 2.45) is 0 Å². The minimum Gasteiger partial charge on any atom is -0.368 e. The highest BCUT2D eigenvalue weighted by Crippen LogP contribution is 2.22. The fraction of sp³-hybridized carbons (Fsp3) is 0.450. The molecule has 0 unspecified atom stereocenters. The summed E-state index contributed by atoms with van der Waals surface area (Å²) in [7, 11) is 0. The molecule has 6 nitrogen and oxygen atoms in total. The van der Waals surface area contributed by atoms with Gasteiger partial charge in [-0.3, -0.25) is 4.79 Å². The number of likely N-dealkylation sites (tertiary alicyclic amines) is 1. The Kier molecular flexibility index (Phi) is 5.16. The number of aromatic nitrogens is 2. The predicted molar refractivity (Wildman–Crippen MR) is 108 cm³/mol. The molecule has 0 saturated carbocycles. The number of amides is 1. The normalized spacial score (nSPS) is 17.5. The first-order chi connectivity index (χ1) is 13.1. The Morgan fingerprint density at radius 3 is 2.37 bits per heavy atom. The first-order valence-electron chi connectivity index (χ1n) is 9.50. The molecule has 27 heavy (non-hydrogen) atoms. The molecule has 7 heteroatoms. The van der Waals surface area contributed by atoms with Gasteiger partial charge in [-0.15, -0.1) is 0 Å². The predicted octanol–water partition coefficient (Wildman–Crippen LogP) is 3.00. The highest BCUT2D eigenvalue weighted by atomic mass is 35.5. The lowest BCUT2D eigenvalue weighted by Gasteiger charge is -2.36. The van der Waals surface area contributed by atoms with Gasteiger partial charge in [0.05, 0.1) is 0 Å². The molecule has 0 bridgehead atoms. The average Bonchev–Trinajstić information content (AvgIpc) is 3.22. The van der Waals surface area contributed by atoms with Crippen molar-refractivity contribution in [3.8, 4) is 0 Å². The highest BCUT2D eigenvalue weighted by Gasteiger charge is 2.24. The fourth-order valence-corrected chi connectivity index (χ4v) is 3.91. The molecule has 1 aromatic carbocycles. The first kappa shape index (κ1) is 18.0. The van der Waals surface area contributed by atoms with E-state index in [-0.39, 0.29) is 5.91 Å². The van der Waals surface area contributed by atoms with Crippen molar-refractivity contribution >= 4 is 29.1 Å². The van der Waals surface area contributed by atoms with Crippen LogP contribution in [0.2, 0.25) is 5.02 Å². The lowest BCUT2D eigenvalue weighted by atomic mass is 10.2. The summed E-state index contributed by atoms with van der Waals surface area (Å²) in [4.78, 5) is 28.2. The van der Waals surface area contributed by atoms with Crippen molar-refractivity contribution in [2.45, 2.75) is 19.8 Å². The van der Waals surface area contributed by atoms with Crippen LogP contribution in [0.4, 0.5) is 11.6 Å².